The standard InChI is InChI=1S/C17H24N2O3/c1-3-15(13-8-6-12(2)7-9-13)18-17(22)19-10-4-5-14(11-19)16(20)21/h6-9,14-15H,3-5,10-11H2,1-2H3,(H,18,22)(H,20,21). The summed E-state index contributed by atoms with van der Waals surface area (Å²) in [5.41, 5.74) is 2.26. The molecule has 22 heavy (non-hydrogen) atoms. The highest BCUT2D eigenvalue weighted by molar-refractivity contribution is 5.77. The number of likely N-dealkylation sites (tertiary alicyclic amines) is 1. The molecule has 1 aromatic rings. The van der Waals surface area contributed by atoms with Crippen LogP contribution in [0.1, 0.15) is 43.4 Å². The molecule has 0 saturated carbocycles. The summed E-state index contributed by atoms with van der Waals surface area (Å²) in [4.78, 5) is 25.1. The Balaban J connectivity index is 1.99. The van der Waals surface area contributed by atoms with Gasteiger partial charge in [-0.15, -0.1) is 0 Å². The molecular weight excluding hydrogens is 280 g/mol. The van der Waals surface area contributed by atoms with Crippen LogP contribution in [0, 0.1) is 12.8 Å². The van der Waals surface area contributed by atoms with Gasteiger partial charge in [0.05, 0.1) is 12.0 Å². The van der Waals surface area contributed by atoms with E-state index in [-0.39, 0.29) is 12.1 Å². The van der Waals surface area contributed by atoms with Gasteiger partial charge < -0.3 is 15.3 Å². The van der Waals surface area contributed by atoms with E-state index in [2.05, 4.69) is 5.32 Å². The average Bonchev–Trinajstić information content (AvgIpc) is 2.53. The summed E-state index contributed by atoms with van der Waals surface area (Å²) in [7, 11) is 0. The van der Waals surface area contributed by atoms with Crippen LogP contribution in [0.3, 0.4) is 0 Å². The van der Waals surface area contributed by atoms with Gasteiger partial charge in [0.1, 0.15) is 0 Å². The lowest BCUT2D eigenvalue weighted by molar-refractivity contribution is -0.143. The number of aryl methyl sites for hydroxylation is 1. The molecule has 0 aromatic heterocycles. The third-order valence-corrected chi connectivity index (χ3v) is 4.24. The Hall–Kier alpha value is -2.04. The van der Waals surface area contributed by atoms with Crippen molar-refractivity contribution in [2.75, 3.05) is 13.1 Å². The Morgan fingerprint density at radius 3 is 2.64 bits per heavy atom. The average molecular weight is 304 g/mol. The fraction of sp³-hybridized carbons (Fsp3) is 0.529. The predicted molar refractivity (Wildman–Crippen MR) is 84.7 cm³/mol. The molecule has 1 heterocycles. The van der Waals surface area contributed by atoms with E-state index in [9.17, 15) is 9.59 Å². The predicted octanol–water partition coefficient (Wildman–Crippen LogP) is 2.95. The Kier molecular flexibility index (Phi) is 5.41. The fourth-order valence-electron chi connectivity index (χ4n) is 2.82. The zero-order valence-electron chi connectivity index (χ0n) is 13.2. The Labute approximate surface area is 131 Å². The van der Waals surface area contributed by atoms with Crippen LogP contribution >= 0.6 is 0 Å². The number of hydrogen-bond acceptors (Lipinski definition) is 2. The number of nitrogens with one attached hydrogen (secondary N) is 1. The zero-order chi connectivity index (χ0) is 16.1. The first kappa shape index (κ1) is 16.3. The molecule has 2 rings (SSSR count). The number of benzene rings is 1. The maximum atomic E-state index is 12.4. The molecule has 2 N–H and O–H groups in total. The molecule has 5 heteroatoms. The van der Waals surface area contributed by atoms with Crippen molar-refractivity contribution in [1.82, 2.24) is 10.2 Å². The number of urea groups is 1. The molecule has 0 aliphatic carbocycles. The number of carboxylic acid groups (broad SMARTS) is 1. The van der Waals surface area contributed by atoms with E-state index in [4.69, 9.17) is 5.11 Å². The van der Waals surface area contributed by atoms with E-state index in [1.165, 1.54) is 5.56 Å². The first-order valence-corrected chi connectivity index (χ1v) is 7.86. The molecule has 1 aromatic carbocycles. The summed E-state index contributed by atoms with van der Waals surface area (Å²) < 4.78 is 0. The largest absolute Gasteiger partial charge is 0.481 e. The van der Waals surface area contributed by atoms with Crippen LogP contribution in [0.15, 0.2) is 24.3 Å². The second-order valence-corrected chi connectivity index (χ2v) is 5.94. The normalized spacial score (nSPS) is 19.5. The van der Waals surface area contributed by atoms with Gasteiger partial charge in [-0.2, -0.15) is 0 Å². The molecule has 1 fully saturated rings. The SMILES string of the molecule is CCC(NC(=O)N1CCCC(C(=O)O)C1)c1ccc(C)cc1. The number of piperidine rings is 1. The molecule has 1 aliphatic rings. The number of hydrogen-bond donors (Lipinski definition) is 2. The minimum absolute atomic E-state index is 0.0432. The molecule has 120 valence electrons. The van der Waals surface area contributed by atoms with E-state index < -0.39 is 11.9 Å². The monoisotopic (exact) mass is 304 g/mol. The smallest absolute Gasteiger partial charge is 0.317 e. The second kappa shape index (κ2) is 7.29. The molecule has 2 amide bonds. The third-order valence-electron chi connectivity index (χ3n) is 4.24. The van der Waals surface area contributed by atoms with E-state index >= 15 is 0 Å². The highest BCUT2D eigenvalue weighted by Crippen LogP contribution is 2.20. The molecule has 1 saturated heterocycles. The van der Waals surface area contributed by atoms with Gasteiger partial charge in [0.25, 0.3) is 0 Å². The molecule has 0 spiro atoms. The van der Waals surface area contributed by atoms with E-state index in [0.29, 0.717) is 19.5 Å². The molecule has 1 aliphatic heterocycles. The molecular formula is C17H24N2O3. The number of rotatable bonds is 4. The van der Waals surface area contributed by atoms with Gasteiger partial charge in [0, 0.05) is 13.1 Å². The highest BCUT2D eigenvalue weighted by Gasteiger charge is 2.28. The molecule has 0 radical (unpaired) electrons. The maximum absolute atomic E-state index is 12.4. The van der Waals surface area contributed by atoms with E-state index in [1.807, 2.05) is 38.1 Å². The molecule has 2 atom stereocenters. The van der Waals surface area contributed by atoms with Crippen LogP contribution in [0.5, 0.6) is 0 Å². The zero-order valence-corrected chi connectivity index (χ0v) is 13.2. The van der Waals surface area contributed by atoms with Crippen molar-refractivity contribution in [3.05, 3.63) is 35.4 Å². The van der Waals surface area contributed by atoms with Crippen molar-refractivity contribution in [2.45, 2.75) is 39.2 Å². The third kappa shape index (κ3) is 4.00. The number of nitrogens with zero attached hydrogens (tertiary/aromatic N) is 1. The molecule has 2 unspecified atom stereocenters. The summed E-state index contributed by atoms with van der Waals surface area (Å²) in [5, 5.41) is 12.1. The lowest BCUT2D eigenvalue weighted by atomic mass is 9.98. The maximum Gasteiger partial charge on any atom is 0.317 e. The van der Waals surface area contributed by atoms with E-state index in [1.54, 1.807) is 4.90 Å². The minimum Gasteiger partial charge on any atom is -0.481 e. The Morgan fingerprint density at radius 1 is 1.36 bits per heavy atom. The van der Waals surface area contributed by atoms with Crippen molar-refractivity contribution in [1.29, 1.82) is 0 Å². The van der Waals surface area contributed by atoms with Gasteiger partial charge in [-0.1, -0.05) is 36.8 Å². The number of aliphatic carboxylic acids is 1. The van der Waals surface area contributed by atoms with Crippen LogP contribution in [0.2, 0.25) is 0 Å². The van der Waals surface area contributed by atoms with Gasteiger partial charge in [-0.3, -0.25) is 4.79 Å². The minimum atomic E-state index is -0.817. The van der Waals surface area contributed by atoms with Gasteiger partial charge >= 0.3 is 12.0 Å². The number of carbonyl (C=O) groups is 2. The fourth-order valence-corrected chi connectivity index (χ4v) is 2.82. The van der Waals surface area contributed by atoms with Crippen molar-refractivity contribution < 1.29 is 14.7 Å². The first-order valence-electron chi connectivity index (χ1n) is 7.86. The van der Waals surface area contributed by atoms with Crippen LogP contribution in [0.4, 0.5) is 4.79 Å². The Morgan fingerprint density at radius 2 is 2.05 bits per heavy atom. The first-order chi connectivity index (χ1) is 10.5. The summed E-state index contributed by atoms with van der Waals surface area (Å²) in [5.74, 6) is -1.26. The van der Waals surface area contributed by atoms with Crippen LogP contribution in [0.25, 0.3) is 0 Å². The highest BCUT2D eigenvalue weighted by atomic mass is 16.4. The second-order valence-electron chi connectivity index (χ2n) is 5.94. The molecule has 5 nitrogen and oxygen atoms in total. The van der Waals surface area contributed by atoms with Gasteiger partial charge in [0.15, 0.2) is 0 Å². The van der Waals surface area contributed by atoms with Crippen LogP contribution in [-0.4, -0.2) is 35.1 Å². The summed E-state index contributed by atoms with van der Waals surface area (Å²) in [6, 6.07) is 7.91. The van der Waals surface area contributed by atoms with Crippen LogP contribution < -0.4 is 5.32 Å². The quantitative estimate of drug-likeness (QED) is 0.898. The Bertz CT molecular complexity index is 527. The number of carbonyl (C=O) groups excluding carboxylic acids is 1. The lowest BCUT2D eigenvalue weighted by Crippen LogP contribution is -2.47. The molecule has 0 bridgehead atoms. The lowest BCUT2D eigenvalue weighted by Gasteiger charge is -2.32. The van der Waals surface area contributed by atoms with Crippen molar-refractivity contribution in [3.8, 4) is 0 Å². The summed E-state index contributed by atoms with van der Waals surface area (Å²) >= 11 is 0. The number of carboxylic acids is 1. The van der Waals surface area contributed by atoms with Crippen LogP contribution in [-0.2, 0) is 4.79 Å². The van der Waals surface area contributed by atoms with Crippen molar-refractivity contribution >= 4 is 12.0 Å². The van der Waals surface area contributed by atoms with Gasteiger partial charge in [-0.25, -0.2) is 4.79 Å². The summed E-state index contributed by atoms with van der Waals surface area (Å²) in [6.45, 7) is 4.98. The topological polar surface area (TPSA) is 69.6 Å². The van der Waals surface area contributed by atoms with Gasteiger partial charge in [0.2, 0.25) is 0 Å². The summed E-state index contributed by atoms with van der Waals surface area (Å²) in [6.07, 6.45) is 2.19. The van der Waals surface area contributed by atoms with Gasteiger partial charge in [-0.05, 0) is 31.7 Å². The number of amides is 2. The van der Waals surface area contributed by atoms with Crippen molar-refractivity contribution in [3.63, 3.8) is 0 Å². The van der Waals surface area contributed by atoms with Crippen molar-refractivity contribution in [2.24, 2.45) is 5.92 Å². The van der Waals surface area contributed by atoms with E-state index in [0.717, 1.165) is 18.4 Å².